The smallest absolute Gasteiger partial charge is 0 e. The Labute approximate surface area is 196 Å². The molecule has 0 bridgehead atoms. The van der Waals surface area contributed by atoms with E-state index < -0.39 is 7.25 Å². The van der Waals surface area contributed by atoms with E-state index in [0.29, 0.717) is 0 Å². The minimum absolute atomic E-state index is 0. The molecule has 0 saturated heterocycles. The summed E-state index contributed by atoms with van der Waals surface area (Å²) >= 11 is 0. The van der Waals surface area contributed by atoms with E-state index in [1.807, 2.05) is 0 Å². The van der Waals surface area contributed by atoms with Crippen molar-refractivity contribution >= 4 is 23.1 Å². The predicted molar refractivity (Wildman–Crippen MR) is 122 cm³/mol. The Hall–Kier alpha value is 0.228. The minimum atomic E-state index is -6.00. The van der Waals surface area contributed by atoms with Gasteiger partial charge in [-0.25, -0.2) is 0 Å². The van der Waals surface area contributed by atoms with Crippen molar-refractivity contribution in [2.75, 3.05) is 0 Å². The van der Waals surface area contributed by atoms with Crippen LogP contribution < -0.4 is 0 Å². The van der Waals surface area contributed by atoms with Gasteiger partial charge in [-0.05, 0) is 46.1 Å². The van der Waals surface area contributed by atoms with E-state index in [0.717, 1.165) is 22.6 Å². The molecule has 1 rings (SSSR count). The molecule has 177 valence electrons. The summed E-state index contributed by atoms with van der Waals surface area (Å²) < 4.78 is 46.5. The first-order valence-corrected chi connectivity index (χ1v) is 13.2. The van der Waals surface area contributed by atoms with Crippen molar-refractivity contribution < 1.29 is 41.4 Å². The van der Waals surface area contributed by atoms with Crippen molar-refractivity contribution in [3.05, 3.63) is 42.0 Å². The Morgan fingerprint density at radius 3 is 1.17 bits per heavy atom. The van der Waals surface area contributed by atoms with E-state index in [1.165, 1.54) is 12.3 Å². The van der Waals surface area contributed by atoms with Gasteiger partial charge in [-0.2, -0.15) is 0 Å². The number of benzene rings is 1. The molecule has 1 nitrogen and oxygen atoms in total. The topological polar surface area (TPSA) is 19.9 Å². The van der Waals surface area contributed by atoms with Gasteiger partial charge in [0.2, 0.25) is 0 Å². The average molecular weight is 556 g/mol. The predicted octanol–water partition coefficient (Wildman–Crippen LogP) is 8.54. The summed E-state index contributed by atoms with van der Waals surface area (Å²) in [6.07, 6.45) is 2.58. The van der Waals surface area contributed by atoms with Gasteiger partial charge in [0.1, 0.15) is 0 Å². The van der Waals surface area contributed by atoms with Gasteiger partial charge in [0.25, 0.3) is 0 Å². The molecule has 1 aromatic rings. The van der Waals surface area contributed by atoms with E-state index in [2.05, 4.69) is 86.3 Å². The van der Waals surface area contributed by atoms with Crippen LogP contribution in [0.5, 0.6) is 0 Å². The van der Waals surface area contributed by atoms with Crippen molar-refractivity contribution in [1.82, 2.24) is 0 Å². The van der Waals surface area contributed by atoms with Crippen LogP contribution >= 0.6 is 15.8 Å². The fourth-order valence-electron chi connectivity index (χ4n) is 3.17. The SMILES string of the molecule is CC(C)P(Cc1cccc(CP(C(C)C)C(C)C)c1)C(C)C.F[B-](F)(F)F.[C-]#[O+].[Rh]. The van der Waals surface area contributed by atoms with Gasteiger partial charge in [0, 0.05) is 19.5 Å². The van der Waals surface area contributed by atoms with Gasteiger partial charge in [0.15, 0.2) is 0 Å². The third kappa shape index (κ3) is 17.9. The summed E-state index contributed by atoms with van der Waals surface area (Å²) in [6, 6.07) is 9.47. The van der Waals surface area contributed by atoms with Crippen molar-refractivity contribution in [3.63, 3.8) is 0 Å². The van der Waals surface area contributed by atoms with E-state index in [4.69, 9.17) is 4.65 Å². The number of halogens is 4. The van der Waals surface area contributed by atoms with E-state index in [1.54, 1.807) is 11.1 Å². The second-order valence-corrected chi connectivity index (χ2v) is 14.9. The van der Waals surface area contributed by atoms with Crippen LogP contribution in [0.3, 0.4) is 0 Å². The molecule has 9 heteroatoms. The Balaban J connectivity index is -0.000000795. The maximum absolute atomic E-state index is 9.75. The molecule has 0 heterocycles. The standard InChI is InChI=1S/C20H36P2.CO.BF4.Rh/c1-15(2)21(16(3)4)13-19-10-9-11-20(12-19)14-22(17(5)6)18(7)8;1-2;2-1(3,4)5;/h9-12,15-18H,13-14H2,1-8H3;;;/q;;-1;. The fourth-order valence-corrected chi connectivity index (χ4v) is 8.25. The van der Waals surface area contributed by atoms with Crippen molar-refractivity contribution in [2.24, 2.45) is 0 Å². The summed E-state index contributed by atoms with van der Waals surface area (Å²) in [6.45, 7) is 23.7. The molecular formula is C21H36BF4OP2Rh-. The van der Waals surface area contributed by atoms with Crippen molar-refractivity contribution in [3.8, 4) is 0 Å². The first kappa shape index (κ1) is 34.8. The van der Waals surface area contributed by atoms with Crippen LogP contribution in [-0.2, 0) is 36.5 Å². The molecule has 0 unspecified atom stereocenters. The van der Waals surface area contributed by atoms with Crippen molar-refractivity contribution in [2.45, 2.75) is 90.3 Å². The zero-order chi connectivity index (χ0) is 23.4. The summed E-state index contributed by atoms with van der Waals surface area (Å²) in [5, 5.41) is 0. The van der Waals surface area contributed by atoms with Gasteiger partial charge in [0.05, 0.1) is 0 Å². The van der Waals surface area contributed by atoms with Gasteiger partial charge in [-0.3, -0.25) is 0 Å². The molecule has 0 aromatic heterocycles. The molecule has 0 aliphatic rings. The fraction of sp³-hybridized carbons (Fsp3) is 0.667. The van der Waals surface area contributed by atoms with Gasteiger partial charge >= 0.3 is 18.6 Å². The summed E-state index contributed by atoms with van der Waals surface area (Å²) in [7, 11) is -5.81. The van der Waals surface area contributed by atoms with Crippen LogP contribution in [0.4, 0.5) is 17.3 Å². The van der Waals surface area contributed by atoms with E-state index in [9.17, 15) is 17.3 Å². The zero-order valence-electron chi connectivity index (χ0n) is 19.3. The van der Waals surface area contributed by atoms with Crippen LogP contribution in [0.1, 0.15) is 66.5 Å². The average Bonchev–Trinajstić information content (AvgIpc) is 2.57. The third-order valence-corrected chi connectivity index (χ3v) is 11.1. The van der Waals surface area contributed by atoms with Crippen LogP contribution in [0.15, 0.2) is 24.3 Å². The van der Waals surface area contributed by atoms with E-state index >= 15 is 0 Å². The molecule has 1 radical (unpaired) electrons. The first-order valence-electron chi connectivity index (χ1n) is 9.89. The summed E-state index contributed by atoms with van der Waals surface area (Å²) in [5.74, 6) is 0. The molecule has 1 aromatic carbocycles. The van der Waals surface area contributed by atoms with Gasteiger partial charge in [-0.1, -0.05) is 95.5 Å². The summed E-state index contributed by atoms with van der Waals surface area (Å²) in [4.78, 5) is 0. The zero-order valence-corrected chi connectivity index (χ0v) is 22.7. The molecular weight excluding hydrogens is 520 g/mol. The monoisotopic (exact) mass is 556 g/mol. The molecule has 0 amide bonds. The Morgan fingerprint density at radius 1 is 0.733 bits per heavy atom. The number of hydrogen-bond donors (Lipinski definition) is 0. The first-order chi connectivity index (χ1) is 13.2. The van der Waals surface area contributed by atoms with Gasteiger partial charge in [-0.15, -0.1) is 0 Å². The van der Waals surface area contributed by atoms with Crippen LogP contribution in [0.2, 0.25) is 0 Å². The van der Waals surface area contributed by atoms with E-state index in [-0.39, 0.29) is 35.3 Å². The normalized spacial score (nSPS) is 11.3. The second-order valence-electron chi connectivity index (χ2n) is 8.03. The number of hydrogen-bond acceptors (Lipinski definition) is 0. The number of rotatable bonds is 8. The Bertz CT molecular complexity index is 522. The molecule has 0 aliphatic heterocycles. The molecule has 0 spiro atoms. The largest absolute Gasteiger partial charge is 0 e. The molecule has 0 aliphatic carbocycles. The van der Waals surface area contributed by atoms with Crippen molar-refractivity contribution in [1.29, 1.82) is 0 Å². The maximum atomic E-state index is 9.75. The second kappa shape index (κ2) is 17.7. The molecule has 0 saturated carbocycles. The quantitative estimate of drug-likeness (QED) is 0.101. The molecule has 0 fully saturated rings. The molecule has 30 heavy (non-hydrogen) atoms. The van der Waals surface area contributed by atoms with Crippen LogP contribution in [0, 0.1) is 6.65 Å². The Morgan fingerprint density at radius 2 is 0.967 bits per heavy atom. The third-order valence-electron chi connectivity index (χ3n) is 4.37. The maximum Gasteiger partial charge on any atom is 0 e. The van der Waals surface area contributed by atoms with Crippen LogP contribution in [-0.4, -0.2) is 29.9 Å². The van der Waals surface area contributed by atoms with Gasteiger partial charge < -0.3 is 17.3 Å². The molecule has 0 N–H and O–H groups in total. The minimum Gasteiger partial charge on any atom is 0 e. The van der Waals surface area contributed by atoms with Crippen LogP contribution in [0.25, 0.3) is 0 Å². The molecule has 0 atom stereocenters. The summed E-state index contributed by atoms with van der Waals surface area (Å²) in [5.41, 5.74) is 6.41. The Kier molecular flexibility index (Phi) is 20.6.